The molecule has 0 radical (unpaired) electrons. The topological polar surface area (TPSA) is 78.8 Å². The van der Waals surface area contributed by atoms with Gasteiger partial charge in [-0.25, -0.2) is 13.4 Å². The first kappa shape index (κ1) is 18.1. The molecule has 0 saturated carbocycles. The number of amides is 1. The fourth-order valence-corrected chi connectivity index (χ4v) is 3.53. The molecule has 1 heterocycles. The minimum atomic E-state index is -3.31. The molecule has 0 spiro atoms. The lowest BCUT2D eigenvalue weighted by atomic mass is 9.97. The van der Waals surface area contributed by atoms with E-state index in [1.54, 1.807) is 12.1 Å². The number of hydrogen-bond donors (Lipinski definition) is 1. The van der Waals surface area contributed by atoms with Gasteiger partial charge in [0.15, 0.2) is 0 Å². The van der Waals surface area contributed by atoms with Crippen LogP contribution in [-0.4, -0.2) is 31.3 Å². The van der Waals surface area contributed by atoms with Crippen LogP contribution in [0.4, 0.5) is 5.69 Å². The standard InChI is InChI=1S/C19H21N3O3S/c1-13-4-6-16(7-5-13)19-12-18(20-22(19)14(2)23)15-8-10-17(11-9-15)21-26(3,24)25/h4-11,19,21H,12H2,1-3H3/t19-/m0/s1. The van der Waals surface area contributed by atoms with Gasteiger partial charge in [0.2, 0.25) is 15.9 Å². The number of hydrogen-bond acceptors (Lipinski definition) is 4. The second kappa shape index (κ2) is 6.92. The van der Waals surface area contributed by atoms with Gasteiger partial charge in [0.05, 0.1) is 18.0 Å². The van der Waals surface area contributed by atoms with Crippen molar-refractivity contribution in [2.45, 2.75) is 26.3 Å². The fourth-order valence-electron chi connectivity index (χ4n) is 2.97. The van der Waals surface area contributed by atoms with E-state index in [0.717, 1.165) is 28.7 Å². The van der Waals surface area contributed by atoms with Gasteiger partial charge in [-0.1, -0.05) is 42.0 Å². The van der Waals surface area contributed by atoms with E-state index in [2.05, 4.69) is 9.82 Å². The van der Waals surface area contributed by atoms with E-state index in [1.165, 1.54) is 11.9 Å². The van der Waals surface area contributed by atoms with Gasteiger partial charge < -0.3 is 0 Å². The summed E-state index contributed by atoms with van der Waals surface area (Å²) in [4.78, 5) is 12.0. The van der Waals surface area contributed by atoms with E-state index in [4.69, 9.17) is 0 Å². The summed E-state index contributed by atoms with van der Waals surface area (Å²) in [6, 6.07) is 15.0. The number of rotatable bonds is 4. The predicted octanol–water partition coefficient (Wildman–Crippen LogP) is 3.06. The highest BCUT2D eigenvalue weighted by molar-refractivity contribution is 7.92. The largest absolute Gasteiger partial charge is 0.284 e. The summed E-state index contributed by atoms with van der Waals surface area (Å²) in [5, 5.41) is 6.02. The molecule has 0 bridgehead atoms. The van der Waals surface area contributed by atoms with Crippen LogP contribution in [0.3, 0.4) is 0 Å². The molecule has 6 nitrogen and oxygen atoms in total. The van der Waals surface area contributed by atoms with Gasteiger partial charge in [-0.2, -0.15) is 5.10 Å². The molecule has 136 valence electrons. The van der Waals surface area contributed by atoms with Crippen molar-refractivity contribution in [1.82, 2.24) is 5.01 Å². The van der Waals surface area contributed by atoms with Crippen molar-refractivity contribution in [3.63, 3.8) is 0 Å². The van der Waals surface area contributed by atoms with Crippen LogP contribution in [0.2, 0.25) is 0 Å². The summed E-state index contributed by atoms with van der Waals surface area (Å²) in [7, 11) is -3.31. The maximum absolute atomic E-state index is 12.0. The van der Waals surface area contributed by atoms with E-state index < -0.39 is 10.0 Å². The molecule has 0 saturated heterocycles. The van der Waals surface area contributed by atoms with Crippen molar-refractivity contribution in [2.75, 3.05) is 11.0 Å². The van der Waals surface area contributed by atoms with Crippen molar-refractivity contribution >= 4 is 27.3 Å². The molecule has 1 aliphatic heterocycles. The molecule has 26 heavy (non-hydrogen) atoms. The third-order valence-corrected chi connectivity index (χ3v) is 4.82. The summed E-state index contributed by atoms with van der Waals surface area (Å²) in [5.74, 6) is -0.110. The molecule has 1 N–H and O–H groups in total. The number of carbonyl (C=O) groups excluding carboxylic acids is 1. The van der Waals surface area contributed by atoms with Crippen LogP contribution < -0.4 is 4.72 Å². The van der Waals surface area contributed by atoms with E-state index in [1.807, 2.05) is 43.3 Å². The smallest absolute Gasteiger partial charge is 0.240 e. The number of carbonyl (C=O) groups is 1. The molecule has 7 heteroatoms. The number of nitrogens with one attached hydrogen (secondary N) is 1. The molecule has 2 aromatic rings. The van der Waals surface area contributed by atoms with Gasteiger partial charge in [0.25, 0.3) is 0 Å². The number of anilines is 1. The minimum Gasteiger partial charge on any atom is -0.284 e. The predicted molar refractivity (Wildman–Crippen MR) is 103 cm³/mol. The van der Waals surface area contributed by atoms with Crippen molar-refractivity contribution < 1.29 is 13.2 Å². The summed E-state index contributed by atoms with van der Waals surface area (Å²) < 4.78 is 25.0. The average molecular weight is 371 g/mol. The van der Waals surface area contributed by atoms with Gasteiger partial charge in [-0.05, 0) is 30.2 Å². The first-order valence-electron chi connectivity index (χ1n) is 8.25. The number of hydrazone groups is 1. The number of sulfonamides is 1. The first-order chi connectivity index (χ1) is 12.2. The van der Waals surface area contributed by atoms with Gasteiger partial charge in [0, 0.05) is 19.0 Å². The highest BCUT2D eigenvalue weighted by atomic mass is 32.2. The molecular weight excluding hydrogens is 350 g/mol. The normalized spacial score (nSPS) is 17.1. The number of benzene rings is 2. The van der Waals surface area contributed by atoms with Crippen molar-refractivity contribution in [3.05, 3.63) is 65.2 Å². The van der Waals surface area contributed by atoms with Crippen molar-refractivity contribution in [3.8, 4) is 0 Å². The highest BCUT2D eigenvalue weighted by Crippen LogP contribution is 2.33. The molecule has 0 aliphatic carbocycles. The molecule has 0 unspecified atom stereocenters. The third-order valence-electron chi connectivity index (χ3n) is 4.22. The second-order valence-corrected chi connectivity index (χ2v) is 8.24. The van der Waals surface area contributed by atoms with Gasteiger partial charge >= 0.3 is 0 Å². The van der Waals surface area contributed by atoms with Crippen LogP contribution >= 0.6 is 0 Å². The van der Waals surface area contributed by atoms with E-state index in [9.17, 15) is 13.2 Å². The molecule has 3 rings (SSSR count). The Hall–Kier alpha value is -2.67. The second-order valence-electron chi connectivity index (χ2n) is 6.49. The van der Waals surface area contributed by atoms with Crippen molar-refractivity contribution in [1.29, 1.82) is 0 Å². The van der Waals surface area contributed by atoms with Crippen LogP contribution in [-0.2, 0) is 14.8 Å². The Morgan fingerprint density at radius 2 is 1.73 bits per heavy atom. The summed E-state index contributed by atoms with van der Waals surface area (Å²) in [5.41, 5.74) is 4.37. The maximum Gasteiger partial charge on any atom is 0.240 e. The highest BCUT2D eigenvalue weighted by Gasteiger charge is 2.31. The SMILES string of the molecule is CC(=O)N1N=C(c2ccc(NS(C)(=O)=O)cc2)C[C@H]1c1ccc(C)cc1. The van der Waals surface area contributed by atoms with Crippen LogP contribution in [0, 0.1) is 6.92 Å². The fraction of sp³-hybridized carbons (Fsp3) is 0.263. The molecule has 2 aromatic carbocycles. The van der Waals surface area contributed by atoms with E-state index >= 15 is 0 Å². The van der Waals surface area contributed by atoms with Gasteiger partial charge in [-0.15, -0.1) is 0 Å². The minimum absolute atomic E-state index is 0.110. The first-order valence-corrected chi connectivity index (χ1v) is 10.1. The molecule has 0 aromatic heterocycles. The lowest BCUT2D eigenvalue weighted by Gasteiger charge is -2.20. The van der Waals surface area contributed by atoms with Gasteiger partial charge in [-0.3, -0.25) is 9.52 Å². The average Bonchev–Trinajstić information content (AvgIpc) is 3.00. The number of aryl methyl sites for hydroxylation is 1. The molecule has 0 fully saturated rings. The van der Waals surface area contributed by atoms with Crippen LogP contribution in [0.25, 0.3) is 0 Å². The zero-order chi connectivity index (χ0) is 18.9. The van der Waals surface area contributed by atoms with E-state index in [-0.39, 0.29) is 11.9 Å². The lowest BCUT2D eigenvalue weighted by molar-refractivity contribution is -0.130. The Bertz CT molecular complexity index is 949. The Morgan fingerprint density at radius 3 is 2.27 bits per heavy atom. The van der Waals surface area contributed by atoms with Crippen LogP contribution in [0.1, 0.15) is 36.1 Å². The number of nitrogens with zero attached hydrogens (tertiary/aromatic N) is 2. The molecular formula is C19H21N3O3S. The summed E-state index contributed by atoms with van der Waals surface area (Å²) in [6.07, 6.45) is 1.72. The summed E-state index contributed by atoms with van der Waals surface area (Å²) in [6.45, 7) is 3.53. The zero-order valence-corrected chi connectivity index (χ0v) is 15.7. The Kier molecular flexibility index (Phi) is 4.82. The van der Waals surface area contributed by atoms with E-state index in [0.29, 0.717) is 12.1 Å². The lowest BCUT2D eigenvalue weighted by Crippen LogP contribution is -2.24. The summed E-state index contributed by atoms with van der Waals surface area (Å²) >= 11 is 0. The van der Waals surface area contributed by atoms with Crippen LogP contribution in [0.5, 0.6) is 0 Å². The molecule has 1 aliphatic rings. The van der Waals surface area contributed by atoms with Crippen molar-refractivity contribution in [2.24, 2.45) is 5.10 Å². The molecule has 1 atom stereocenters. The Balaban J connectivity index is 1.85. The Labute approximate surface area is 153 Å². The maximum atomic E-state index is 12.0. The zero-order valence-electron chi connectivity index (χ0n) is 14.9. The van der Waals surface area contributed by atoms with Gasteiger partial charge in [0.1, 0.15) is 0 Å². The monoisotopic (exact) mass is 371 g/mol. The molecule has 1 amide bonds. The Morgan fingerprint density at radius 1 is 1.12 bits per heavy atom. The quantitative estimate of drug-likeness (QED) is 0.897. The third kappa shape index (κ3) is 4.11. The van der Waals surface area contributed by atoms with Crippen LogP contribution in [0.15, 0.2) is 53.6 Å².